The first-order valence-electron chi connectivity index (χ1n) is 8.11. The molecule has 2 heterocycles. The molecular formula is C18H15F2N3O4S. The predicted octanol–water partition coefficient (Wildman–Crippen LogP) is 4.09. The summed E-state index contributed by atoms with van der Waals surface area (Å²) in [7, 11) is 0. The number of ketones is 1. The smallest absolute Gasteiger partial charge is 0.387 e. The molecule has 0 aliphatic heterocycles. The number of furan rings is 1. The number of rotatable bonds is 7. The van der Waals surface area contributed by atoms with E-state index in [1.165, 1.54) is 25.1 Å². The summed E-state index contributed by atoms with van der Waals surface area (Å²) in [6.07, 6.45) is 0.0907. The Morgan fingerprint density at radius 2 is 2.11 bits per heavy atom. The number of halogens is 2. The Balaban J connectivity index is 1.77. The van der Waals surface area contributed by atoms with Crippen molar-refractivity contribution >= 4 is 28.4 Å². The van der Waals surface area contributed by atoms with Gasteiger partial charge in [0, 0.05) is 17.1 Å². The summed E-state index contributed by atoms with van der Waals surface area (Å²) >= 11 is 0.955. The Labute approximate surface area is 162 Å². The van der Waals surface area contributed by atoms with Gasteiger partial charge in [0.2, 0.25) is 5.13 Å². The Morgan fingerprint density at radius 3 is 2.82 bits per heavy atom. The molecule has 3 rings (SSSR count). The molecule has 1 aromatic carbocycles. The van der Waals surface area contributed by atoms with Crippen LogP contribution in [0.4, 0.5) is 13.9 Å². The molecule has 0 saturated carbocycles. The molecule has 0 fully saturated rings. The molecule has 0 atom stereocenters. The maximum Gasteiger partial charge on any atom is 0.387 e. The molecule has 3 aromatic rings. The Morgan fingerprint density at radius 1 is 1.32 bits per heavy atom. The van der Waals surface area contributed by atoms with Crippen LogP contribution in [0.2, 0.25) is 0 Å². The molecule has 0 bridgehead atoms. The van der Waals surface area contributed by atoms with Crippen molar-refractivity contribution in [2.75, 3.05) is 5.32 Å². The normalized spacial score (nSPS) is 10.9. The lowest BCUT2D eigenvalue weighted by atomic mass is 10.1. The van der Waals surface area contributed by atoms with E-state index in [9.17, 15) is 18.4 Å². The van der Waals surface area contributed by atoms with Gasteiger partial charge >= 0.3 is 6.61 Å². The van der Waals surface area contributed by atoms with Crippen LogP contribution in [-0.2, 0) is 11.2 Å². The SMILES string of the molecule is CC(=O)Cc1nsc(NC(=O)c2cc(-c3cccc(OC(F)F)c3)c(C)o2)n1. The second kappa shape index (κ2) is 8.26. The van der Waals surface area contributed by atoms with Crippen LogP contribution in [0.1, 0.15) is 29.1 Å². The number of carbonyl (C=O) groups excluding carboxylic acids is 2. The van der Waals surface area contributed by atoms with Gasteiger partial charge in [0.25, 0.3) is 5.91 Å². The van der Waals surface area contributed by atoms with E-state index in [4.69, 9.17) is 4.42 Å². The highest BCUT2D eigenvalue weighted by Gasteiger charge is 2.18. The second-order valence-corrected chi connectivity index (χ2v) is 6.59. The fraction of sp³-hybridized carbons (Fsp3) is 0.222. The topological polar surface area (TPSA) is 94.3 Å². The van der Waals surface area contributed by atoms with Crippen molar-refractivity contribution in [1.29, 1.82) is 0 Å². The number of anilines is 1. The Bertz CT molecular complexity index is 1020. The van der Waals surface area contributed by atoms with E-state index in [0.717, 1.165) is 11.5 Å². The monoisotopic (exact) mass is 407 g/mol. The van der Waals surface area contributed by atoms with Gasteiger partial charge in [0.15, 0.2) is 11.6 Å². The molecule has 0 unspecified atom stereocenters. The van der Waals surface area contributed by atoms with Crippen LogP contribution in [0.15, 0.2) is 34.7 Å². The highest BCUT2D eigenvalue weighted by molar-refractivity contribution is 7.09. The van der Waals surface area contributed by atoms with Crippen LogP contribution < -0.4 is 10.1 Å². The van der Waals surface area contributed by atoms with Gasteiger partial charge in [-0.3, -0.25) is 14.9 Å². The molecule has 1 N–H and O–H groups in total. The van der Waals surface area contributed by atoms with E-state index in [0.29, 0.717) is 22.7 Å². The number of hydrogen-bond acceptors (Lipinski definition) is 7. The van der Waals surface area contributed by atoms with Crippen LogP contribution in [0.25, 0.3) is 11.1 Å². The molecule has 0 aliphatic rings. The first-order chi connectivity index (χ1) is 13.3. The number of alkyl halides is 2. The van der Waals surface area contributed by atoms with Gasteiger partial charge in [-0.05, 0) is 37.6 Å². The molecule has 10 heteroatoms. The number of aryl methyl sites for hydroxylation is 1. The van der Waals surface area contributed by atoms with Crippen LogP contribution in [0.5, 0.6) is 5.75 Å². The second-order valence-electron chi connectivity index (χ2n) is 5.84. The van der Waals surface area contributed by atoms with Crippen molar-refractivity contribution in [1.82, 2.24) is 9.36 Å². The fourth-order valence-corrected chi connectivity index (χ4v) is 3.06. The average molecular weight is 407 g/mol. The van der Waals surface area contributed by atoms with E-state index in [2.05, 4.69) is 19.4 Å². The molecule has 0 radical (unpaired) electrons. The number of carbonyl (C=O) groups is 2. The van der Waals surface area contributed by atoms with Crippen molar-refractivity contribution in [2.24, 2.45) is 0 Å². The predicted molar refractivity (Wildman–Crippen MR) is 97.8 cm³/mol. The standard InChI is InChI=1S/C18H15F2N3O4S/c1-9(24)6-15-21-18(28-23-15)22-16(25)14-8-13(10(2)26-14)11-4-3-5-12(7-11)27-17(19)20/h3-5,7-8,17H,6H2,1-2H3,(H,21,22,23,25). The van der Waals surface area contributed by atoms with Crippen molar-refractivity contribution in [3.05, 3.63) is 47.7 Å². The number of aromatic nitrogens is 2. The first-order valence-corrected chi connectivity index (χ1v) is 8.88. The molecule has 2 aromatic heterocycles. The zero-order valence-corrected chi connectivity index (χ0v) is 15.7. The van der Waals surface area contributed by atoms with E-state index < -0.39 is 12.5 Å². The molecule has 146 valence electrons. The summed E-state index contributed by atoms with van der Waals surface area (Å²) in [6.45, 7) is 0.151. The van der Waals surface area contributed by atoms with E-state index in [1.807, 2.05) is 0 Å². The molecule has 1 amide bonds. The lowest BCUT2D eigenvalue weighted by Crippen LogP contribution is -2.10. The van der Waals surface area contributed by atoms with Crippen LogP contribution in [0, 0.1) is 6.92 Å². The summed E-state index contributed by atoms with van der Waals surface area (Å²) in [5, 5.41) is 2.80. The van der Waals surface area contributed by atoms with E-state index in [1.54, 1.807) is 19.1 Å². The highest BCUT2D eigenvalue weighted by atomic mass is 32.1. The maximum absolute atomic E-state index is 12.4. The summed E-state index contributed by atoms with van der Waals surface area (Å²) in [5.41, 5.74) is 1.14. The largest absolute Gasteiger partial charge is 0.456 e. The van der Waals surface area contributed by atoms with Gasteiger partial charge in [-0.25, -0.2) is 4.98 Å². The lowest BCUT2D eigenvalue weighted by molar-refractivity contribution is -0.116. The van der Waals surface area contributed by atoms with Crippen LogP contribution in [0.3, 0.4) is 0 Å². The molecule has 0 saturated heterocycles. The van der Waals surface area contributed by atoms with Crippen molar-refractivity contribution in [3.63, 3.8) is 0 Å². The Kier molecular flexibility index (Phi) is 5.78. The maximum atomic E-state index is 12.4. The summed E-state index contributed by atoms with van der Waals surface area (Å²) in [4.78, 5) is 27.6. The molecule has 28 heavy (non-hydrogen) atoms. The van der Waals surface area contributed by atoms with Gasteiger partial charge in [-0.15, -0.1) is 0 Å². The van der Waals surface area contributed by atoms with Gasteiger partial charge in [0.05, 0.1) is 6.42 Å². The minimum Gasteiger partial charge on any atom is -0.456 e. The fourth-order valence-electron chi connectivity index (χ4n) is 2.48. The first kappa shape index (κ1) is 19.6. The third kappa shape index (κ3) is 4.77. The Hall–Kier alpha value is -3.14. The zero-order chi connectivity index (χ0) is 20.3. The summed E-state index contributed by atoms with van der Waals surface area (Å²) < 4.78 is 38.7. The lowest BCUT2D eigenvalue weighted by Gasteiger charge is -2.06. The van der Waals surface area contributed by atoms with Crippen molar-refractivity contribution < 1.29 is 27.5 Å². The van der Waals surface area contributed by atoms with E-state index in [-0.39, 0.29) is 28.8 Å². The minimum atomic E-state index is -2.93. The van der Waals surface area contributed by atoms with Gasteiger partial charge < -0.3 is 9.15 Å². The third-order valence-electron chi connectivity index (χ3n) is 3.61. The molecule has 0 spiro atoms. The van der Waals surface area contributed by atoms with E-state index >= 15 is 0 Å². The van der Waals surface area contributed by atoms with Crippen LogP contribution in [-0.4, -0.2) is 27.7 Å². The quantitative estimate of drug-likeness (QED) is 0.634. The number of Topliss-reactive ketones (excluding diaryl/α,β-unsaturated/α-hetero) is 1. The summed E-state index contributed by atoms with van der Waals surface area (Å²) in [5.74, 6) is 0.177. The van der Waals surface area contributed by atoms with Crippen LogP contribution >= 0.6 is 11.5 Å². The van der Waals surface area contributed by atoms with Crippen molar-refractivity contribution in [3.8, 4) is 16.9 Å². The minimum absolute atomic E-state index is 0.00552. The molecule has 0 aliphatic carbocycles. The number of nitrogens with one attached hydrogen (secondary N) is 1. The number of amides is 1. The molecule has 7 nitrogen and oxygen atoms in total. The zero-order valence-electron chi connectivity index (χ0n) is 14.9. The number of nitrogens with zero attached hydrogens (tertiary/aromatic N) is 2. The number of ether oxygens (including phenoxy) is 1. The van der Waals surface area contributed by atoms with Gasteiger partial charge in [0.1, 0.15) is 17.3 Å². The highest BCUT2D eigenvalue weighted by Crippen LogP contribution is 2.30. The number of benzene rings is 1. The van der Waals surface area contributed by atoms with Gasteiger partial charge in [-0.2, -0.15) is 13.2 Å². The summed E-state index contributed by atoms with van der Waals surface area (Å²) in [6, 6.07) is 7.61. The van der Waals surface area contributed by atoms with Crippen molar-refractivity contribution in [2.45, 2.75) is 26.9 Å². The molecular weight excluding hydrogens is 392 g/mol. The number of hydrogen-bond donors (Lipinski definition) is 1. The average Bonchev–Trinajstić information content (AvgIpc) is 3.20. The third-order valence-corrected chi connectivity index (χ3v) is 4.28. The van der Waals surface area contributed by atoms with Gasteiger partial charge in [-0.1, -0.05) is 12.1 Å².